The lowest BCUT2D eigenvalue weighted by Gasteiger charge is -2.19. The zero-order valence-electron chi connectivity index (χ0n) is 11.2. The van der Waals surface area contributed by atoms with E-state index in [1.165, 1.54) is 5.56 Å². The molecule has 0 amide bonds. The lowest BCUT2D eigenvalue weighted by atomic mass is 9.86. The molecule has 2 aromatic rings. The van der Waals surface area contributed by atoms with Crippen LogP contribution in [-0.4, -0.2) is 5.11 Å². The molecule has 0 bridgehead atoms. The number of benzene rings is 1. The molecule has 0 fully saturated rings. The lowest BCUT2D eigenvalue weighted by Crippen LogP contribution is -2.11. The minimum absolute atomic E-state index is 0.168. The van der Waals surface area contributed by atoms with Gasteiger partial charge < -0.3 is 9.52 Å². The monoisotopic (exact) mass is 244 g/mol. The van der Waals surface area contributed by atoms with Gasteiger partial charge >= 0.3 is 0 Å². The maximum Gasteiger partial charge on any atom is 0.0960 e. The van der Waals surface area contributed by atoms with Crippen LogP contribution in [0.1, 0.15) is 43.6 Å². The zero-order chi connectivity index (χ0) is 13.2. The summed E-state index contributed by atoms with van der Waals surface area (Å²) in [7, 11) is 0. The molecular formula is C16H20O2. The summed E-state index contributed by atoms with van der Waals surface area (Å²) in [5.41, 5.74) is 3.44. The molecule has 2 heteroatoms. The van der Waals surface area contributed by atoms with Crippen LogP contribution in [0, 0.1) is 0 Å². The second-order valence-electron chi connectivity index (χ2n) is 5.72. The Balaban J connectivity index is 2.07. The largest absolute Gasteiger partial charge is 0.472 e. The van der Waals surface area contributed by atoms with Crippen molar-refractivity contribution in [3.8, 4) is 0 Å². The molecule has 1 aromatic heterocycles. The molecule has 2 rings (SSSR count). The molecule has 96 valence electrons. The summed E-state index contributed by atoms with van der Waals surface area (Å²) >= 11 is 0. The van der Waals surface area contributed by atoms with Gasteiger partial charge in [-0.15, -0.1) is 0 Å². The number of aliphatic hydroxyl groups is 1. The predicted molar refractivity (Wildman–Crippen MR) is 72.5 cm³/mol. The van der Waals surface area contributed by atoms with Crippen molar-refractivity contribution in [2.75, 3.05) is 0 Å². The van der Waals surface area contributed by atoms with E-state index in [2.05, 4.69) is 45.0 Å². The molecule has 0 spiro atoms. The summed E-state index contributed by atoms with van der Waals surface area (Å²) in [5, 5.41) is 10.0. The lowest BCUT2D eigenvalue weighted by molar-refractivity contribution is 0.177. The highest BCUT2D eigenvalue weighted by Gasteiger charge is 2.14. The van der Waals surface area contributed by atoms with Crippen LogP contribution in [0.15, 0.2) is 47.3 Å². The zero-order valence-corrected chi connectivity index (χ0v) is 11.2. The van der Waals surface area contributed by atoms with E-state index in [1.807, 2.05) is 0 Å². The molecule has 0 radical (unpaired) electrons. The van der Waals surface area contributed by atoms with Crippen LogP contribution in [0.5, 0.6) is 0 Å². The fourth-order valence-electron chi connectivity index (χ4n) is 1.95. The number of hydrogen-bond donors (Lipinski definition) is 1. The van der Waals surface area contributed by atoms with Gasteiger partial charge in [-0.3, -0.25) is 0 Å². The highest BCUT2D eigenvalue weighted by atomic mass is 16.3. The smallest absolute Gasteiger partial charge is 0.0960 e. The van der Waals surface area contributed by atoms with Crippen molar-refractivity contribution < 1.29 is 9.52 Å². The fraction of sp³-hybridized carbons (Fsp3) is 0.375. The SMILES string of the molecule is CC(C)(C)c1ccc(CC(O)c2ccoc2)cc1. The highest BCUT2D eigenvalue weighted by molar-refractivity contribution is 5.28. The van der Waals surface area contributed by atoms with Gasteiger partial charge in [-0.2, -0.15) is 0 Å². The van der Waals surface area contributed by atoms with Crippen LogP contribution < -0.4 is 0 Å². The molecule has 0 aliphatic heterocycles. The van der Waals surface area contributed by atoms with Gasteiger partial charge in [-0.25, -0.2) is 0 Å². The average Bonchev–Trinajstić information content (AvgIpc) is 2.82. The molecule has 0 aliphatic carbocycles. The standard InChI is InChI=1S/C16H20O2/c1-16(2,3)14-6-4-12(5-7-14)10-15(17)13-8-9-18-11-13/h4-9,11,15,17H,10H2,1-3H3. The van der Waals surface area contributed by atoms with Crippen molar-refractivity contribution in [2.24, 2.45) is 0 Å². The second-order valence-corrected chi connectivity index (χ2v) is 5.72. The minimum Gasteiger partial charge on any atom is -0.472 e. The average molecular weight is 244 g/mol. The molecular weight excluding hydrogens is 224 g/mol. The van der Waals surface area contributed by atoms with Crippen LogP contribution in [0.2, 0.25) is 0 Å². The number of hydrogen-bond acceptors (Lipinski definition) is 2. The van der Waals surface area contributed by atoms with Crippen LogP contribution in [0.3, 0.4) is 0 Å². The molecule has 0 saturated carbocycles. The summed E-state index contributed by atoms with van der Waals surface area (Å²) in [6.07, 6.45) is 3.29. The highest BCUT2D eigenvalue weighted by Crippen LogP contribution is 2.24. The van der Waals surface area contributed by atoms with E-state index in [0.717, 1.165) is 11.1 Å². The van der Waals surface area contributed by atoms with Crippen molar-refractivity contribution in [3.63, 3.8) is 0 Å². The fourth-order valence-corrected chi connectivity index (χ4v) is 1.95. The first-order chi connectivity index (χ1) is 8.47. The first kappa shape index (κ1) is 12.9. The summed E-state index contributed by atoms with van der Waals surface area (Å²) in [5.74, 6) is 0. The van der Waals surface area contributed by atoms with E-state index >= 15 is 0 Å². The summed E-state index contributed by atoms with van der Waals surface area (Å²) in [6, 6.07) is 10.2. The van der Waals surface area contributed by atoms with Gasteiger partial charge in [0, 0.05) is 12.0 Å². The Bertz CT molecular complexity index is 475. The van der Waals surface area contributed by atoms with Gasteiger partial charge in [0.25, 0.3) is 0 Å². The summed E-state index contributed by atoms with van der Waals surface area (Å²) < 4.78 is 4.98. The molecule has 18 heavy (non-hydrogen) atoms. The molecule has 1 N–H and O–H groups in total. The molecule has 0 aliphatic rings. The van der Waals surface area contributed by atoms with Crippen molar-refractivity contribution in [3.05, 3.63) is 59.5 Å². The van der Waals surface area contributed by atoms with Crippen molar-refractivity contribution in [2.45, 2.75) is 38.7 Å². The third kappa shape index (κ3) is 3.02. The Hall–Kier alpha value is -1.54. The Morgan fingerprint density at radius 3 is 2.28 bits per heavy atom. The molecule has 0 saturated heterocycles. The van der Waals surface area contributed by atoms with E-state index < -0.39 is 6.10 Å². The minimum atomic E-state index is -0.496. The number of furan rings is 1. The van der Waals surface area contributed by atoms with E-state index in [4.69, 9.17) is 4.42 Å². The summed E-state index contributed by atoms with van der Waals surface area (Å²) in [4.78, 5) is 0. The van der Waals surface area contributed by atoms with E-state index in [0.29, 0.717) is 6.42 Å². The van der Waals surface area contributed by atoms with E-state index in [1.54, 1.807) is 18.6 Å². The second kappa shape index (κ2) is 4.99. The van der Waals surface area contributed by atoms with Crippen LogP contribution in [0.4, 0.5) is 0 Å². The van der Waals surface area contributed by atoms with Gasteiger partial charge in [0.2, 0.25) is 0 Å². The maximum atomic E-state index is 10.0. The Morgan fingerprint density at radius 1 is 1.11 bits per heavy atom. The maximum absolute atomic E-state index is 10.0. The van der Waals surface area contributed by atoms with Gasteiger partial charge in [0.1, 0.15) is 0 Å². The van der Waals surface area contributed by atoms with Gasteiger partial charge in [0.15, 0.2) is 0 Å². The van der Waals surface area contributed by atoms with Gasteiger partial charge in [0.05, 0.1) is 18.6 Å². The molecule has 2 nitrogen and oxygen atoms in total. The quantitative estimate of drug-likeness (QED) is 0.889. The normalized spacial score (nSPS) is 13.6. The summed E-state index contributed by atoms with van der Waals surface area (Å²) in [6.45, 7) is 6.59. The first-order valence-corrected chi connectivity index (χ1v) is 6.26. The van der Waals surface area contributed by atoms with E-state index in [-0.39, 0.29) is 5.41 Å². The molecule has 1 heterocycles. The van der Waals surface area contributed by atoms with Crippen LogP contribution in [-0.2, 0) is 11.8 Å². The number of aliphatic hydroxyl groups excluding tert-OH is 1. The third-order valence-electron chi connectivity index (χ3n) is 3.18. The van der Waals surface area contributed by atoms with Crippen molar-refractivity contribution in [1.29, 1.82) is 0 Å². The topological polar surface area (TPSA) is 33.4 Å². The number of rotatable bonds is 3. The van der Waals surface area contributed by atoms with Crippen molar-refractivity contribution >= 4 is 0 Å². The van der Waals surface area contributed by atoms with Gasteiger partial charge in [-0.05, 0) is 22.6 Å². The van der Waals surface area contributed by atoms with Crippen LogP contribution in [0.25, 0.3) is 0 Å². The molecule has 1 unspecified atom stereocenters. The Labute approximate surface area is 108 Å². The Kier molecular flexibility index (Phi) is 3.58. The van der Waals surface area contributed by atoms with Gasteiger partial charge in [-0.1, -0.05) is 45.0 Å². The molecule has 1 aromatic carbocycles. The van der Waals surface area contributed by atoms with Crippen LogP contribution >= 0.6 is 0 Å². The predicted octanol–water partition coefficient (Wildman–Crippen LogP) is 3.85. The first-order valence-electron chi connectivity index (χ1n) is 6.26. The third-order valence-corrected chi connectivity index (χ3v) is 3.18. The van der Waals surface area contributed by atoms with Crippen molar-refractivity contribution in [1.82, 2.24) is 0 Å². The van der Waals surface area contributed by atoms with E-state index in [9.17, 15) is 5.11 Å². The Morgan fingerprint density at radius 2 is 1.78 bits per heavy atom. The molecule has 1 atom stereocenters.